The van der Waals surface area contributed by atoms with Crippen molar-refractivity contribution in [1.29, 1.82) is 0 Å². The van der Waals surface area contributed by atoms with E-state index >= 15 is 0 Å². The molecule has 276 valence electrons. The van der Waals surface area contributed by atoms with E-state index in [1.807, 2.05) is 52.0 Å². The van der Waals surface area contributed by atoms with E-state index in [1.165, 1.54) is 12.1 Å². The molecule has 0 bridgehead atoms. The summed E-state index contributed by atoms with van der Waals surface area (Å²) in [6.07, 6.45) is 2.55. The van der Waals surface area contributed by atoms with Gasteiger partial charge < -0.3 is 25.7 Å². The van der Waals surface area contributed by atoms with Gasteiger partial charge in [-0.3, -0.25) is 9.59 Å². The molecule has 0 aliphatic heterocycles. The first kappa shape index (κ1) is 38.4. The summed E-state index contributed by atoms with van der Waals surface area (Å²) in [7, 11) is -3.83. The zero-order valence-electron chi connectivity index (χ0n) is 29.5. The number of nitrogens with zero attached hydrogens (tertiary/aromatic N) is 2. The molecule has 1 fully saturated rings. The number of aryl methyl sites for hydroxylation is 1. The van der Waals surface area contributed by atoms with Crippen LogP contribution in [0.1, 0.15) is 57.6 Å². The summed E-state index contributed by atoms with van der Waals surface area (Å²) in [6, 6.07) is 18.4. The summed E-state index contributed by atoms with van der Waals surface area (Å²) in [5.41, 5.74) is 3.95. The summed E-state index contributed by atoms with van der Waals surface area (Å²) in [5.74, 6) is -0.130. The molecule has 1 aliphatic rings. The molecule has 15 heteroatoms. The van der Waals surface area contributed by atoms with Crippen molar-refractivity contribution < 1.29 is 27.5 Å². The van der Waals surface area contributed by atoms with Gasteiger partial charge >= 0.3 is 6.09 Å². The van der Waals surface area contributed by atoms with Crippen LogP contribution >= 0.6 is 11.6 Å². The van der Waals surface area contributed by atoms with Crippen LogP contribution in [0.4, 0.5) is 10.5 Å². The lowest BCUT2D eigenvalue weighted by Crippen LogP contribution is -2.48. The van der Waals surface area contributed by atoms with E-state index in [0.717, 1.165) is 40.7 Å². The minimum Gasteiger partial charge on any atom is -0.444 e. The van der Waals surface area contributed by atoms with Gasteiger partial charge in [-0.25, -0.2) is 18.4 Å². The maximum absolute atomic E-state index is 13.8. The monoisotopic (exact) mass is 749 g/mol. The number of anilines is 1. The maximum atomic E-state index is 13.8. The van der Waals surface area contributed by atoms with Crippen LogP contribution in [0.5, 0.6) is 0 Å². The van der Waals surface area contributed by atoms with Crippen LogP contribution in [0, 0.1) is 18.8 Å². The number of nitrogens with two attached hydrogens (primary N) is 1. The van der Waals surface area contributed by atoms with Crippen molar-refractivity contribution in [3.63, 3.8) is 0 Å². The van der Waals surface area contributed by atoms with Gasteiger partial charge in [-0.2, -0.15) is 0 Å². The Bertz CT molecular complexity index is 2000. The fraction of sp³-hybridized carbons (Fsp3) is 0.378. The quantitative estimate of drug-likeness (QED) is 0.128. The molecule has 0 radical (unpaired) electrons. The van der Waals surface area contributed by atoms with Crippen LogP contribution in [-0.4, -0.2) is 59.7 Å². The number of halogens is 1. The van der Waals surface area contributed by atoms with Gasteiger partial charge in [0, 0.05) is 30.1 Å². The van der Waals surface area contributed by atoms with Crippen LogP contribution < -0.4 is 21.1 Å². The zero-order chi connectivity index (χ0) is 37.6. The molecule has 0 unspecified atom stereocenters. The van der Waals surface area contributed by atoms with E-state index in [-0.39, 0.29) is 40.3 Å². The molecule has 1 aliphatic carbocycles. The average molecular weight is 750 g/mol. The minimum atomic E-state index is -3.83. The molecule has 3 aromatic carbocycles. The highest BCUT2D eigenvalue weighted by atomic mass is 35.5. The van der Waals surface area contributed by atoms with Gasteiger partial charge in [0.25, 0.3) is 0 Å². The summed E-state index contributed by atoms with van der Waals surface area (Å²) in [4.78, 5) is 42.4. The standard InChI is InChI=1S/C37H44ClN7O6S/c1-22-19-29(52(39,49)50)17-18-30(22)25-9-5-23(6-10-25)20-31(34(47)41-28-15-13-26(14-16-28)32-43-35(38)45-44-32)42-33(46)27-11-7-24(8-12-27)21-40-36(48)51-37(2,3)4/h5-6,9-10,13-19,24,27,31H,7-8,11-12,20-21H2,1-4H3,(H,40,48)(H,41,47)(H,42,46)(H2,39,49,50)(H,43,44,45)/t24?,27?,31-/m0/s1. The van der Waals surface area contributed by atoms with Crippen molar-refractivity contribution in [2.75, 3.05) is 11.9 Å². The second kappa shape index (κ2) is 16.3. The van der Waals surface area contributed by atoms with E-state index in [4.69, 9.17) is 21.5 Å². The molecular weight excluding hydrogens is 706 g/mol. The number of hydrogen-bond donors (Lipinski definition) is 5. The van der Waals surface area contributed by atoms with Gasteiger partial charge in [0.15, 0.2) is 5.82 Å². The number of nitrogens with one attached hydrogen (secondary N) is 4. The highest BCUT2D eigenvalue weighted by molar-refractivity contribution is 7.89. The van der Waals surface area contributed by atoms with Crippen LogP contribution in [0.3, 0.4) is 0 Å². The van der Waals surface area contributed by atoms with Gasteiger partial charge in [-0.15, -0.1) is 10.2 Å². The van der Waals surface area contributed by atoms with Gasteiger partial charge in [-0.1, -0.05) is 30.3 Å². The van der Waals surface area contributed by atoms with Crippen molar-refractivity contribution in [3.05, 3.63) is 83.1 Å². The number of benzene rings is 3. The van der Waals surface area contributed by atoms with Crippen LogP contribution in [-0.2, 0) is 30.8 Å². The Balaban J connectivity index is 1.26. The number of aromatic amines is 1. The molecule has 5 rings (SSSR count). The number of ether oxygens (including phenoxy) is 1. The lowest BCUT2D eigenvalue weighted by Gasteiger charge is -2.29. The second-order valence-corrected chi connectivity index (χ2v) is 16.0. The van der Waals surface area contributed by atoms with Crippen LogP contribution in [0.15, 0.2) is 71.6 Å². The van der Waals surface area contributed by atoms with E-state index in [0.29, 0.717) is 30.9 Å². The molecule has 52 heavy (non-hydrogen) atoms. The minimum absolute atomic E-state index is 0.0398. The average Bonchev–Trinajstić information content (AvgIpc) is 3.53. The van der Waals surface area contributed by atoms with Gasteiger partial charge in [0.1, 0.15) is 11.6 Å². The Morgan fingerprint density at radius 2 is 1.62 bits per heavy atom. The topological polar surface area (TPSA) is 198 Å². The van der Waals surface area contributed by atoms with E-state index < -0.39 is 27.8 Å². The molecule has 0 spiro atoms. The first-order chi connectivity index (χ1) is 24.5. The first-order valence-electron chi connectivity index (χ1n) is 17.0. The van der Waals surface area contributed by atoms with Crippen molar-refractivity contribution in [2.45, 2.75) is 76.3 Å². The summed E-state index contributed by atoms with van der Waals surface area (Å²) >= 11 is 5.86. The SMILES string of the molecule is Cc1cc(S(N)(=O)=O)ccc1-c1ccc(C[C@H](NC(=O)C2CCC(CNC(=O)OC(C)(C)C)CC2)C(=O)Nc2ccc(-c3nnc(Cl)[nH]3)cc2)cc1. The van der Waals surface area contributed by atoms with Gasteiger partial charge in [0.2, 0.25) is 27.1 Å². The Kier molecular flexibility index (Phi) is 12.0. The Labute approximate surface area is 308 Å². The molecule has 0 saturated heterocycles. The van der Waals surface area contributed by atoms with Crippen LogP contribution in [0.2, 0.25) is 5.28 Å². The van der Waals surface area contributed by atoms with Crippen LogP contribution in [0.25, 0.3) is 22.5 Å². The van der Waals surface area contributed by atoms with Crippen molar-refractivity contribution >= 4 is 45.2 Å². The van der Waals surface area contributed by atoms with E-state index in [2.05, 4.69) is 31.1 Å². The third-order valence-corrected chi connectivity index (χ3v) is 9.98. The summed E-state index contributed by atoms with van der Waals surface area (Å²) < 4.78 is 28.9. The molecule has 1 aromatic heterocycles. The number of sulfonamides is 1. The van der Waals surface area contributed by atoms with E-state index in [9.17, 15) is 22.8 Å². The first-order valence-corrected chi connectivity index (χ1v) is 19.0. The maximum Gasteiger partial charge on any atom is 0.407 e. The lowest BCUT2D eigenvalue weighted by molar-refractivity contribution is -0.130. The number of carbonyl (C=O) groups excluding carboxylic acids is 3. The molecule has 6 N–H and O–H groups in total. The third kappa shape index (κ3) is 10.6. The molecule has 1 atom stereocenters. The number of hydrogen-bond acceptors (Lipinski definition) is 8. The molecular formula is C37H44ClN7O6S. The second-order valence-electron chi connectivity index (χ2n) is 14.1. The fourth-order valence-corrected chi connectivity index (χ4v) is 6.90. The number of carbonyl (C=O) groups is 3. The Hall–Kier alpha value is -4.79. The number of aromatic nitrogens is 3. The number of amides is 3. The van der Waals surface area contributed by atoms with Crippen molar-refractivity contribution in [1.82, 2.24) is 25.8 Å². The number of H-pyrrole nitrogens is 1. The number of rotatable bonds is 11. The highest BCUT2D eigenvalue weighted by Gasteiger charge is 2.30. The van der Waals surface area contributed by atoms with Gasteiger partial charge in [-0.05, 0) is 130 Å². The molecule has 3 amide bonds. The number of alkyl carbamates (subject to hydrolysis) is 1. The summed E-state index contributed by atoms with van der Waals surface area (Å²) in [6.45, 7) is 7.72. The van der Waals surface area contributed by atoms with Crippen molar-refractivity contribution in [2.24, 2.45) is 17.0 Å². The normalized spacial score (nSPS) is 16.8. The smallest absolute Gasteiger partial charge is 0.407 e. The highest BCUT2D eigenvalue weighted by Crippen LogP contribution is 2.30. The Morgan fingerprint density at radius 3 is 2.19 bits per heavy atom. The predicted octanol–water partition coefficient (Wildman–Crippen LogP) is 5.75. The number of primary sulfonamides is 1. The Morgan fingerprint density at radius 1 is 0.962 bits per heavy atom. The van der Waals surface area contributed by atoms with Gasteiger partial charge in [0.05, 0.1) is 4.90 Å². The lowest BCUT2D eigenvalue weighted by atomic mass is 9.81. The molecule has 4 aromatic rings. The van der Waals surface area contributed by atoms with E-state index in [1.54, 1.807) is 30.3 Å². The largest absolute Gasteiger partial charge is 0.444 e. The zero-order valence-corrected chi connectivity index (χ0v) is 31.1. The molecule has 13 nitrogen and oxygen atoms in total. The molecule has 1 heterocycles. The third-order valence-electron chi connectivity index (χ3n) is 8.90. The predicted molar refractivity (Wildman–Crippen MR) is 199 cm³/mol. The summed E-state index contributed by atoms with van der Waals surface area (Å²) in [5, 5.41) is 22.0. The van der Waals surface area contributed by atoms with Crippen molar-refractivity contribution in [3.8, 4) is 22.5 Å². The fourth-order valence-electron chi connectivity index (χ4n) is 6.17. The molecule has 1 saturated carbocycles.